The molecule has 50 heavy (non-hydrogen) atoms. The Morgan fingerprint density at radius 3 is 1.94 bits per heavy atom. The number of benzene rings is 4. The zero-order valence-electron chi connectivity index (χ0n) is 28.9. The zero-order valence-corrected chi connectivity index (χ0v) is 28.9. The van der Waals surface area contributed by atoms with Crippen LogP contribution in [0.25, 0.3) is 33.9 Å². The number of nitrogens with zero attached hydrogens (tertiary/aromatic N) is 2. The molecule has 0 radical (unpaired) electrons. The van der Waals surface area contributed by atoms with Crippen LogP contribution in [-0.2, 0) is 16.0 Å². The second-order valence-electron chi connectivity index (χ2n) is 12.0. The van der Waals surface area contributed by atoms with E-state index in [-0.39, 0.29) is 17.3 Å². The van der Waals surface area contributed by atoms with Crippen molar-refractivity contribution in [3.8, 4) is 45.4 Å². The molecule has 0 atom stereocenters. The minimum atomic E-state index is -0.539. The van der Waals surface area contributed by atoms with E-state index in [4.69, 9.17) is 29.7 Å². The molecule has 0 fully saturated rings. The molecule has 1 heterocycles. The first-order chi connectivity index (χ1) is 24.2. The molecule has 0 unspecified atom stereocenters. The van der Waals surface area contributed by atoms with Gasteiger partial charge in [0.2, 0.25) is 0 Å². The molecule has 10 heteroatoms. The van der Waals surface area contributed by atoms with E-state index in [2.05, 4.69) is 6.07 Å². The number of nitrogens with two attached hydrogens (primary N) is 1. The molecule has 2 N–H and O–H groups in total. The Hall–Kier alpha value is -4.90. The molecule has 5 rings (SSSR count). The van der Waals surface area contributed by atoms with Crippen LogP contribution in [0, 0.1) is 25.5 Å². The highest BCUT2D eigenvalue weighted by atomic mass is 19.1. The SMILES string of the molecule is COc1ccc(-c2nc(-c3cc(C)cc(C)c3)n(Cc3ccc(C(=O)CCCOCCOCCN)cc3)c2-c2ccc(OC)c(F)c2)cc1F. The van der Waals surface area contributed by atoms with Gasteiger partial charge >= 0.3 is 0 Å². The van der Waals surface area contributed by atoms with Gasteiger partial charge in [-0.15, -0.1) is 0 Å². The number of aryl methyl sites for hydroxylation is 2. The summed E-state index contributed by atoms with van der Waals surface area (Å²) >= 11 is 0. The maximum Gasteiger partial charge on any atom is 0.165 e. The van der Waals surface area contributed by atoms with Gasteiger partial charge in [0.1, 0.15) is 5.82 Å². The second kappa shape index (κ2) is 17.2. The monoisotopic (exact) mass is 683 g/mol. The lowest BCUT2D eigenvalue weighted by atomic mass is 10.0. The highest BCUT2D eigenvalue weighted by Crippen LogP contribution is 2.39. The molecule has 8 nitrogen and oxygen atoms in total. The van der Waals surface area contributed by atoms with E-state index in [1.165, 1.54) is 26.4 Å². The van der Waals surface area contributed by atoms with Crippen molar-refractivity contribution in [2.24, 2.45) is 5.73 Å². The summed E-state index contributed by atoms with van der Waals surface area (Å²) in [6.45, 7) is 6.74. The van der Waals surface area contributed by atoms with Crippen LogP contribution in [-0.4, -0.2) is 62.5 Å². The zero-order chi connectivity index (χ0) is 35.6. The van der Waals surface area contributed by atoms with Crippen LogP contribution in [0.15, 0.2) is 78.9 Å². The minimum Gasteiger partial charge on any atom is -0.494 e. The topological polar surface area (TPSA) is 97.8 Å². The number of Topliss-reactive ketones (excluding diaryl/α,β-unsaturated/α-hetero) is 1. The van der Waals surface area contributed by atoms with Crippen LogP contribution in [0.4, 0.5) is 8.78 Å². The van der Waals surface area contributed by atoms with Gasteiger partial charge in [-0.1, -0.05) is 41.5 Å². The van der Waals surface area contributed by atoms with Crippen LogP contribution in [0.1, 0.15) is 39.9 Å². The van der Waals surface area contributed by atoms with Crippen LogP contribution in [0.2, 0.25) is 0 Å². The predicted octanol–water partition coefficient (Wildman–Crippen LogP) is 7.80. The Morgan fingerprint density at radius 1 is 0.740 bits per heavy atom. The average Bonchev–Trinajstić information content (AvgIpc) is 3.48. The fraction of sp³-hybridized carbons (Fsp3) is 0.300. The van der Waals surface area contributed by atoms with Crippen LogP contribution in [0.3, 0.4) is 0 Å². The summed E-state index contributed by atoms with van der Waals surface area (Å²) in [6.07, 6.45) is 0.957. The van der Waals surface area contributed by atoms with Crippen molar-refractivity contribution in [2.45, 2.75) is 33.2 Å². The quantitative estimate of drug-likeness (QED) is 0.0789. The maximum absolute atomic E-state index is 15.3. The Morgan fingerprint density at radius 2 is 1.34 bits per heavy atom. The summed E-state index contributed by atoms with van der Waals surface area (Å²) < 4.78 is 53.6. The van der Waals surface area contributed by atoms with Crippen molar-refractivity contribution in [1.82, 2.24) is 9.55 Å². The Balaban J connectivity index is 1.52. The van der Waals surface area contributed by atoms with Gasteiger partial charge in [-0.05, 0) is 74.4 Å². The Bertz CT molecular complexity index is 1900. The van der Waals surface area contributed by atoms with Gasteiger partial charge in [-0.25, -0.2) is 13.8 Å². The number of methoxy groups -OCH3 is 2. The first kappa shape index (κ1) is 36.4. The van der Waals surface area contributed by atoms with Gasteiger partial charge in [-0.3, -0.25) is 4.79 Å². The summed E-state index contributed by atoms with van der Waals surface area (Å²) in [5.74, 6) is -0.211. The molecule has 0 spiro atoms. The highest BCUT2D eigenvalue weighted by molar-refractivity contribution is 5.96. The molecular weight excluding hydrogens is 640 g/mol. The molecule has 5 aromatic rings. The van der Waals surface area contributed by atoms with Crippen LogP contribution < -0.4 is 15.2 Å². The molecule has 0 amide bonds. The fourth-order valence-electron chi connectivity index (χ4n) is 5.92. The lowest BCUT2D eigenvalue weighted by Crippen LogP contribution is -2.12. The normalized spacial score (nSPS) is 11.2. The van der Waals surface area contributed by atoms with E-state index in [9.17, 15) is 4.79 Å². The number of ether oxygens (including phenoxy) is 4. The van der Waals surface area contributed by atoms with E-state index in [1.54, 1.807) is 24.3 Å². The van der Waals surface area contributed by atoms with Crippen molar-refractivity contribution < 1.29 is 32.5 Å². The largest absolute Gasteiger partial charge is 0.494 e. The second-order valence-corrected chi connectivity index (χ2v) is 12.0. The van der Waals surface area contributed by atoms with Crippen LogP contribution in [0.5, 0.6) is 11.5 Å². The molecule has 262 valence electrons. The van der Waals surface area contributed by atoms with Crippen molar-refractivity contribution in [3.05, 3.63) is 113 Å². The first-order valence-corrected chi connectivity index (χ1v) is 16.6. The first-order valence-electron chi connectivity index (χ1n) is 16.6. The van der Waals surface area contributed by atoms with Gasteiger partial charge in [0, 0.05) is 48.4 Å². The van der Waals surface area contributed by atoms with Crippen molar-refractivity contribution in [3.63, 3.8) is 0 Å². The third-order valence-electron chi connectivity index (χ3n) is 8.24. The van der Waals surface area contributed by atoms with Gasteiger partial charge in [0.25, 0.3) is 0 Å². The summed E-state index contributed by atoms with van der Waals surface area (Å²) in [7, 11) is 2.82. The van der Waals surface area contributed by atoms with Crippen LogP contribution >= 0.6 is 0 Å². The van der Waals surface area contributed by atoms with E-state index in [0.29, 0.717) is 86.3 Å². The molecule has 0 bridgehead atoms. The molecule has 0 saturated carbocycles. The Kier molecular flexibility index (Phi) is 12.5. The number of carbonyl (C=O) groups excluding carboxylic acids is 1. The number of hydrogen-bond donors (Lipinski definition) is 1. The molecule has 0 saturated heterocycles. The van der Waals surface area contributed by atoms with E-state index in [0.717, 1.165) is 22.3 Å². The summed E-state index contributed by atoms with van der Waals surface area (Å²) in [5.41, 5.74) is 12.0. The minimum absolute atomic E-state index is 0.0244. The number of carbonyl (C=O) groups is 1. The van der Waals surface area contributed by atoms with Crippen molar-refractivity contribution in [2.75, 3.05) is 47.2 Å². The molecule has 0 aliphatic heterocycles. The predicted molar refractivity (Wildman–Crippen MR) is 191 cm³/mol. The number of rotatable bonds is 17. The summed E-state index contributed by atoms with van der Waals surface area (Å²) in [4.78, 5) is 18.1. The van der Waals surface area contributed by atoms with Crippen molar-refractivity contribution >= 4 is 5.78 Å². The van der Waals surface area contributed by atoms with Gasteiger partial charge < -0.3 is 29.2 Å². The Labute approximate surface area is 291 Å². The number of aromatic nitrogens is 2. The van der Waals surface area contributed by atoms with E-state index >= 15 is 8.78 Å². The molecule has 0 aliphatic carbocycles. The number of halogens is 2. The number of ketones is 1. The van der Waals surface area contributed by atoms with Gasteiger partial charge in [0.05, 0.1) is 45.4 Å². The van der Waals surface area contributed by atoms with E-state index in [1.807, 2.05) is 54.8 Å². The molecule has 1 aromatic heterocycles. The lowest BCUT2D eigenvalue weighted by molar-refractivity contribution is 0.0489. The van der Waals surface area contributed by atoms with Gasteiger partial charge in [-0.2, -0.15) is 0 Å². The number of imidazole rings is 1. The smallest absolute Gasteiger partial charge is 0.165 e. The highest BCUT2D eigenvalue weighted by Gasteiger charge is 2.24. The average molecular weight is 684 g/mol. The molecule has 4 aromatic carbocycles. The molecule has 0 aliphatic rings. The standard InChI is InChI=1S/C40H43F2N3O5/c1-26-20-27(2)22-32(21-26)40-44-38(30-11-13-36(47-3)33(41)23-30)39(31-12-14-37(48-4)34(42)24-31)45(40)25-28-7-9-29(10-8-28)35(46)6-5-16-49-18-19-50-17-15-43/h7-14,20-24H,5-6,15-19,25,43H2,1-4H3. The molecular formula is C40H43F2N3O5. The number of hydrogen-bond acceptors (Lipinski definition) is 7. The lowest BCUT2D eigenvalue weighted by Gasteiger charge is -2.15. The van der Waals surface area contributed by atoms with E-state index < -0.39 is 11.6 Å². The van der Waals surface area contributed by atoms with Crippen molar-refractivity contribution in [1.29, 1.82) is 0 Å². The maximum atomic E-state index is 15.3. The summed E-state index contributed by atoms with van der Waals surface area (Å²) in [6, 6.07) is 23.0. The van der Waals surface area contributed by atoms with Gasteiger partial charge in [0.15, 0.2) is 28.9 Å². The summed E-state index contributed by atoms with van der Waals surface area (Å²) in [5, 5.41) is 0. The third kappa shape index (κ3) is 8.81. The third-order valence-corrected chi connectivity index (χ3v) is 8.24. The fourth-order valence-corrected chi connectivity index (χ4v) is 5.92.